The number of hydrogen-bond donors (Lipinski definition) is 2. The van der Waals surface area contributed by atoms with Crippen LogP contribution >= 0.6 is 0 Å². The summed E-state index contributed by atoms with van der Waals surface area (Å²) in [5.41, 5.74) is 3.23. The molecule has 0 spiro atoms. The monoisotopic (exact) mass is 374 g/mol. The van der Waals surface area contributed by atoms with Gasteiger partial charge in [0.2, 0.25) is 0 Å². The van der Waals surface area contributed by atoms with E-state index in [0.717, 1.165) is 10.9 Å². The minimum absolute atomic E-state index is 0.186. The molecule has 28 heavy (non-hydrogen) atoms. The Kier molecular flexibility index (Phi) is 4.41. The van der Waals surface area contributed by atoms with Crippen molar-refractivity contribution >= 4 is 34.1 Å². The minimum Gasteiger partial charge on any atom is -0.361 e. The second kappa shape index (κ2) is 7.03. The number of carbonyl (C=O) groups is 2. The second-order valence-electron chi connectivity index (χ2n) is 6.45. The first kappa shape index (κ1) is 17.5. The summed E-state index contributed by atoms with van der Waals surface area (Å²) in [7, 11) is 1.91. The highest BCUT2D eigenvalue weighted by Crippen LogP contribution is 2.22. The van der Waals surface area contributed by atoms with Crippen molar-refractivity contribution in [3.8, 4) is 0 Å². The van der Waals surface area contributed by atoms with Gasteiger partial charge in [-0.05, 0) is 37.3 Å². The molecule has 0 saturated heterocycles. The molecule has 0 aliphatic heterocycles. The predicted octanol–water partition coefficient (Wildman–Crippen LogP) is 3.98. The van der Waals surface area contributed by atoms with Crippen LogP contribution < -0.4 is 10.6 Å². The molecule has 2 heterocycles. The van der Waals surface area contributed by atoms with Gasteiger partial charge in [0, 0.05) is 35.5 Å². The quantitative estimate of drug-likeness (QED) is 0.565. The SMILES string of the molecule is Cc1oncc1C(=O)Nc1ccc(NC(=O)c2cn(C)c3ccccc23)cc1. The first-order valence-corrected chi connectivity index (χ1v) is 8.71. The topological polar surface area (TPSA) is 89.2 Å². The van der Waals surface area contributed by atoms with Crippen molar-refractivity contribution < 1.29 is 14.1 Å². The van der Waals surface area contributed by atoms with E-state index in [-0.39, 0.29) is 11.8 Å². The Bertz CT molecular complexity index is 1170. The Morgan fingerprint density at radius 2 is 1.54 bits per heavy atom. The number of rotatable bonds is 4. The molecule has 0 aliphatic rings. The molecule has 7 nitrogen and oxygen atoms in total. The van der Waals surface area contributed by atoms with Crippen LogP contribution in [-0.4, -0.2) is 21.5 Å². The summed E-state index contributed by atoms with van der Waals surface area (Å²) in [6.07, 6.45) is 3.19. The van der Waals surface area contributed by atoms with Gasteiger partial charge in [0.1, 0.15) is 11.3 Å². The van der Waals surface area contributed by atoms with Crippen molar-refractivity contribution in [2.24, 2.45) is 7.05 Å². The smallest absolute Gasteiger partial charge is 0.260 e. The van der Waals surface area contributed by atoms with Crippen molar-refractivity contribution in [1.29, 1.82) is 0 Å². The molecule has 0 bridgehead atoms. The number of para-hydroxylation sites is 1. The molecule has 0 aliphatic carbocycles. The fourth-order valence-corrected chi connectivity index (χ4v) is 3.07. The molecule has 4 aromatic rings. The maximum absolute atomic E-state index is 12.7. The van der Waals surface area contributed by atoms with Gasteiger partial charge in [-0.2, -0.15) is 0 Å². The Labute approximate surface area is 160 Å². The van der Waals surface area contributed by atoms with Crippen LogP contribution in [0.1, 0.15) is 26.5 Å². The largest absolute Gasteiger partial charge is 0.361 e. The molecular formula is C21H18N4O3. The number of carbonyl (C=O) groups excluding carboxylic acids is 2. The van der Waals surface area contributed by atoms with Gasteiger partial charge in [-0.1, -0.05) is 23.4 Å². The highest BCUT2D eigenvalue weighted by Gasteiger charge is 2.15. The van der Waals surface area contributed by atoms with Crippen molar-refractivity contribution in [3.05, 3.63) is 77.8 Å². The molecule has 0 fully saturated rings. The Morgan fingerprint density at radius 3 is 2.14 bits per heavy atom. The van der Waals surface area contributed by atoms with Crippen LogP contribution in [0.15, 0.2) is 65.4 Å². The van der Waals surface area contributed by atoms with E-state index in [9.17, 15) is 9.59 Å². The summed E-state index contributed by atoms with van der Waals surface area (Å²) >= 11 is 0. The van der Waals surface area contributed by atoms with E-state index in [1.807, 2.05) is 42.1 Å². The highest BCUT2D eigenvalue weighted by atomic mass is 16.5. The number of nitrogens with zero attached hydrogens (tertiary/aromatic N) is 2. The zero-order chi connectivity index (χ0) is 19.7. The van der Waals surface area contributed by atoms with Gasteiger partial charge in [-0.25, -0.2) is 0 Å². The number of amides is 2. The summed E-state index contributed by atoms with van der Waals surface area (Å²) < 4.78 is 6.83. The lowest BCUT2D eigenvalue weighted by molar-refractivity contribution is 0.101. The van der Waals surface area contributed by atoms with Crippen molar-refractivity contribution in [2.75, 3.05) is 10.6 Å². The summed E-state index contributed by atoms with van der Waals surface area (Å²) in [5.74, 6) is -0.0311. The molecule has 0 atom stereocenters. The fourth-order valence-electron chi connectivity index (χ4n) is 3.07. The van der Waals surface area contributed by atoms with Gasteiger partial charge in [0.15, 0.2) is 0 Å². The van der Waals surface area contributed by atoms with Crippen molar-refractivity contribution in [3.63, 3.8) is 0 Å². The summed E-state index contributed by atoms with van der Waals surface area (Å²) in [6, 6.07) is 14.7. The van der Waals surface area contributed by atoms with E-state index in [4.69, 9.17) is 4.52 Å². The molecule has 140 valence electrons. The maximum atomic E-state index is 12.7. The number of nitrogens with one attached hydrogen (secondary N) is 2. The standard InChI is InChI=1S/C21H18N4O3/c1-13-17(11-22-28-13)20(26)23-14-7-9-15(10-8-14)24-21(27)18-12-25(2)19-6-4-3-5-16(18)19/h3-12H,1-2H3,(H,23,26)(H,24,27). The number of hydrogen-bond acceptors (Lipinski definition) is 4. The predicted molar refractivity (Wildman–Crippen MR) is 107 cm³/mol. The van der Waals surface area contributed by atoms with E-state index in [2.05, 4.69) is 15.8 Å². The Morgan fingerprint density at radius 1 is 0.929 bits per heavy atom. The number of aryl methyl sites for hydroxylation is 2. The van der Waals surface area contributed by atoms with Crippen LogP contribution in [0.4, 0.5) is 11.4 Å². The van der Waals surface area contributed by atoms with Gasteiger partial charge in [-0.3, -0.25) is 9.59 Å². The lowest BCUT2D eigenvalue weighted by Gasteiger charge is -2.07. The number of aromatic nitrogens is 2. The van der Waals surface area contributed by atoms with Crippen LogP contribution in [-0.2, 0) is 7.05 Å². The van der Waals surface area contributed by atoms with E-state index < -0.39 is 0 Å². The van der Waals surface area contributed by atoms with Crippen LogP contribution in [0.3, 0.4) is 0 Å². The second-order valence-corrected chi connectivity index (χ2v) is 6.45. The normalized spacial score (nSPS) is 10.8. The molecule has 2 N–H and O–H groups in total. The molecule has 7 heteroatoms. The lowest BCUT2D eigenvalue weighted by Crippen LogP contribution is -2.13. The molecule has 2 aromatic carbocycles. The average molecular weight is 374 g/mol. The lowest BCUT2D eigenvalue weighted by atomic mass is 10.1. The summed E-state index contributed by atoms with van der Waals surface area (Å²) in [6.45, 7) is 1.67. The highest BCUT2D eigenvalue weighted by molar-refractivity contribution is 6.13. The van der Waals surface area contributed by atoms with Gasteiger partial charge < -0.3 is 19.7 Å². The third-order valence-electron chi connectivity index (χ3n) is 4.54. The molecular weight excluding hydrogens is 356 g/mol. The number of fused-ring (bicyclic) bond motifs is 1. The van der Waals surface area contributed by atoms with Gasteiger partial charge in [0.05, 0.1) is 11.8 Å². The molecule has 0 radical (unpaired) electrons. The first-order chi connectivity index (χ1) is 13.5. The Balaban J connectivity index is 1.48. The summed E-state index contributed by atoms with van der Waals surface area (Å²) in [5, 5.41) is 10.2. The van der Waals surface area contributed by atoms with E-state index >= 15 is 0 Å². The number of anilines is 2. The Hall–Kier alpha value is -3.87. The maximum Gasteiger partial charge on any atom is 0.260 e. The molecule has 4 rings (SSSR count). The minimum atomic E-state index is -0.300. The first-order valence-electron chi connectivity index (χ1n) is 8.71. The molecule has 2 amide bonds. The zero-order valence-electron chi connectivity index (χ0n) is 15.4. The number of benzene rings is 2. The third-order valence-corrected chi connectivity index (χ3v) is 4.54. The average Bonchev–Trinajstić information content (AvgIpc) is 3.27. The van der Waals surface area contributed by atoms with Crippen LogP contribution in [0.2, 0.25) is 0 Å². The van der Waals surface area contributed by atoms with Crippen LogP contribution in [0.25, 0.3) is 10.9 Å². The zero-order valence-corrected chi connectivity index (χ0v) is 15.4. The molecule has 0 unspecified atom stereocenters. The third kappa shape index (κ3) is 3.25. The van der Waals surface area contributed by atoms with Crippen molar-refractivity contribution in [1.82, 2.24) is 9.72 Å². The van der Waals surface area contributed by atoms with E-state index in [0.29, 0.717) is 28.3 Å². The summed E-state index contributed by atoms with van der Waals surface area (Å²) in [4.78, 5) is 24.9. The van der Waals surface area contributed by atoms with Crippen molar-refractivity contribution in [2.45, 2.75) is 6.92 Å². The van der Waals surface area contributed by atoms with E-state index in [1.165, 1.54) is 6.20 Å². The molecule has 2 aromatic heterocycles. The van der Waals surface area contributed by atoms with Crippen LogP contribution in [0.5, 0.6) is 0 Å². The van der Waals surface area contributed by atoms with Gasteiger partial charge in [0.25, 0.3) is 11.8 Å². The van der Waals surface area contributed by atoms with Gasteiger partial charge >= 0.3 is 0 Å². The van der Waals surface area contributed by atoms with Gasteiger partial charge in [-0.15, -0.1) is 0 Å². The van der Waals surface area contributed by atoms with Crippen LogP contribution in [0, 0.1) is 6.92 Å². The fraction of sp³-hybridized carbons (Fsp3) is 0.0952. The molecule has 0 saturated carbocycles. The van der Waals surface area contributed by atoms with E-state index in [1.54, 1.807) is 31.2 Å².